The zero-order valence-corrected chi connectivity index (χ0v) is 13.6. The molecule has 1 aliphatic heterocycles. The Morgan fingerprint density at radius 2 is 2.16 bits per heavy atom. The van der Waals surface area contributed by atoms with Crippen molar-refractivity contribution in [1.82, 2.24) is 15.0 Å². The third-order valence-corrected chi connectivity index (χ3v) is 3.95. The van der Waals surface area contributed by atoms with Gasteiger partial charge in [0.2, 0.25) is 5.89 Å². The van der Waals surface area contributed by atoms with E-state index in [4.69, 9.17) is 14.0 Å². The van der Waals surface area contributed by atoms with Crippen LogP contribution in [-0.2, 0) is 11.4 Å². The number of hydrogen-bond acceptors (Lipinski definition) is 6. The fourth-order valence-corrected chi connectivity index (χ4v) is 2.69. The van der Waals surface area contributed by atoms with Crippen molar-refractivity contribution in [3.05, 3.63) is 54.4 Å². The van der Waals surface area contributed by atoms with E-state index in [0.717, 1.165) is 23.7 Å². The Hall–Kier alpha value is -2.93. The minimum absolute atomic E-state index is 0.115. The highest BCUT2D eigenvalue weighted by atomic mass is 16.7. The van der Waals surface area contributed by atoms with E-state index in [1.165, 1.54) is 11.3 Å². The zero-order valence-electron chi connectivity index (χ0n) is 13.6. The highest BCUT2D eigenvalue weighted by molar-refractivity contribution is 5.91. The molecule has 1 amide bonds. The summed E-state index contributed by atoms with van der Waals surface area (Å²) in [5.74, 6) is 0.679. The lowest BCUT2D eigenvalue weighted by atomic mass is 10.2. The van der Waals surface area contributed by atoms with Crippen LogP contribution in [-0.4, -0.2) is 34.1 Å². The lowest BCUT2D eigenvalue weighted by Crippen LogP contribution is -2.35. The maximum Gasteiger partial charge on any atom is 0.299 e. The molecule has 3 heterocycles. The topological polar surface area (TPSA) is 77.7 Å². The number of oxazole rings is 1. The minimum atomic E-state index is -0.290. The van der Waals surface area contributed by atoms with Gasteiger partial charge in [-0.15, -0.1) is 0 Å². The van der Waals surface area contributed by atoms with Crippen LogP contribution >= 0.6 is 0 Å². The third-order valence-electron chi connectivity index (χ3n) is 3.95. The quantitative estimate of drug-likeness (QED) is 0.727. The number of hydroxylamine groups is 2. The molecule has 0 radical (unpaired) electrons. The molecule has 0 unspecified atom stereocenters. The van der Waals surface area contributed by atoms with Crippen molar-refractivity contribution < 1.29 is 18.8 Å². The first-order chi connectivity index (χ1) is 12.3. The van der Waals surface area contributed by atoms with Crippen molar-refractivity contribution in [3.63, 3.8) is 0 Å². The number of ether oxygens (including phenoxy) is 1. The smallest absolute Gasteiger partial charge is 0.299 e. The predicted octanol–water partition coefficient (Wildman–Crippen LogP) is 2.97. The van der Waals surface area contributed by atoms with Crippen LogP contribution in [0.5, 0.6) is 5.75 Å². The Balaban J connectivity index is 1.45. The summed E-state index contributed by atoms with van der Waals surface area (Å²) in [4.78, 5) is 26.2. The van der Waals surface area contributed by atoms with Gasteiger partial charge in [-0.25, -0.2) is 10.0 Å². The number of carbonyl (C=O) groups excluding carboxylic acids is 1. The highest BCUT2D eigenvalue weighted by Gasteiger charge is 2.22. The van der Waals surface area contributed by atoms with Crippen molar-refractivity contribution in [2.24, 2.45) is 0 Å². The first-order valence-corrected chi connectivity index (χ1v) is 8.17. The van der Waals surface area contributed by atoms with Crippen molar-refractivity contribution in [2.75, 3.05) is 13.2 Å². The van der Waals surface area contributed by atoms with Crippen LogP contribution in [0, 0.1) is 0 Å². The number of nitrogens with zero attached hydrogens (tertiary/aromatic N) is 3. The summed E-state index contributed by atoms with van der Waals surface area (Å²) in [6.45, 7) is 1.23. The lowest BCUT2D eigenvalue weighted by molar-refractivity contribution is -0.144. The number of benzene rings is 1. The molecule has 0 N–H and O–H groups in total. The van der Waals surface area contributed by atoms with E-state index in [-0.39, 0.29) is 18.2 Å². The van der Waals surface area contributed by atoms with Crippen LogP contribution < -0.4 is 4.74 Å². The molecule has 1 fully saturated rings. The normalized spacial score (nSPS) is 14.6. The average Bonchev–Trinajstić information content (AvgIpc) is 3.15. The van der Waals surface area contributed by atoms with E-state index in [1.54, 1.807) is 6.20 Å². The molecule has 0 aliphatic carbocycles. The Morgan fingerprint density at radius 3 is 3.04 bits per heavy atom. The van der Waals surface area contributed by atoms with Crippen LogP contribution in [0.1, 0.15) is 29.2 Å². The molecule has 4 rings (SSSR count). The van der Waals surface area contributed by atoms with Gasteiger partial charge in [0.05, 0.1) is 6.61 Å². The van der Waals surface area contributed by atoms with Gasteiger partial charge in [0, 0.05) is 18.1 Å². The summed E-state index contributed by atoms with van der Waals surface area (Å²) in [5, 5.41) is 2.33. The lowest BCUT2D eigenvalue weighted by Gasteiger charge is -2.24. The second-order valence-electron chi connectivity index (χ2n) is 5.69. The van der Waals surface area contributed by atoms with Gasteiger partial charge in [-0.2, -0.15) is 0 Å². The summed E-state index contributed by atoms with van der Waals surface area (Å²) in [5.41, 5.74) is 0.992. The monoisotopic (exact) mass is 339 g/mol. The SMILES string of the molecule is O=C(c1coc(COc2cccc3cccnc23)n1)N1CCCCO1. The molecule has 0 atom stereocenters. The summed E-state index contributed by atoms with van der Waals surface area (Å²) < 4.78 is 11.1. The molecule has 3 aromatic rings. The second-order valence-corrected chi connectivity index (χ2v) is 5.69. The molecular formula is C18H17N3O4. The van der Waals surface area contributed by atoms with Gasteiger partial charge < -0.3 is 9.15 Å². The molecule has 0 bridgehead atoms. The first-order valence-electron chi connectivity index (χ1n) is 8.17. The van der Waals surface area contributed by atoms with Crippen molar-refractivity contribution >= 4 is 16.8 Å². The van der Waals surface area contributed by atoms with E-state index < -0.39 is 0 Å². The number of aromatic nitrogens is 2. The first kappa shape index (κ1) is 15.6. The fourth-order valence-electron chi connectivity index (χ4n) is 2.69. The number of pyridine rings is 1. The summed E-state index contributed by atoms with van der Waals surface area (Å²) >= 11 is 0. The second kappa shape index (κ2) is 6.90. The third kappa shape index (κ3) is 3.32. The van der Waals surface area contributed by atoms with Crippen LogP contribution in [0.3, 0.4) is 0 Å². The van der Waals surface area contributed by atoms with Crippen LogP contribution in [0.2, 0.25) is 0 Å². The Labute approximate surface area is 144 Å². The van der Waals surface area contributed by atoms with Gasteiger partial charge >= 0.3 is 0 Å². The molecule has 1 aliphatic rings. The Bertz CT molecular complexity index is 881. The number of carbonyl (C=O) groups is 1. The van der Waals surface area contributed by atoms with Gasteiger partial charge in [0.15, 0.2) is 12.3 Å². The maximum atomic E-state index is 12.3. The molecule has 128 valence electrons. The van der Waals surface area contributed by atoms with Gasteiger partial charge in [-0.05, 0) is 25.0 Å². The molecular weight excluding hydrogens is 322 g/mol. The zero-order chi connectivity index (χ0) is 17.1. The largest absolute Gasteiger partial charge is 0.482 e. The van der Waals surface area contributed by atoms with E-state index in [1.807, 2.05) is 30.3 Å². The van der Waals surface area contributed by atoms with Crippen molar-refractivity contribution in [1.29, 1.82) is 0 Å². The van der Waals surface area contributed by atoms with Crippen LogP contribution in [0.15, 0.2) is 47.2 Å². The van der Waals surface area contributed by atoms with Crippen molar-refractivity contribution in [2.45, 2.75) is 19.4 Å². The summed E-state index contributed by atoms with van der Waals surface area (Å²) in [6, 6.07) is 9.55. The number of para-hydroxylation sites is 1. The minimum Gasteiger partial charge on any atom is -0.482 e. The standard InChI is InChI=1S/C18H17N3O4/c22-18(21-9-1-2-10-25-21)14-11-24-16(20-14)12-23-15-7-3-5-13-6-4-8-19-17(13)15/h3-8,11H,1-2,9-10,12H2. The summed E-state index contributed by atoms with van der Waals surface area (Å²) in [6.07, 6.45) is 4.93. The molecule has 1 aromatic carbocycles. The number of hydrogen-bond donors (Lipinski definition) is 0. The molecule has 1 saturated heterocycles. The predicted molar refractivity (Wildman–Crippen MR) is 88.8 cm³/mol. The Kier molecular flexibility index (Phi) is 4.30. The van der Waals surface area contributed by atoms with Crippen LogP contribution in [0.4, 0.5) is 0 Å². The number of fused-ring (bicyclic) bond motifs is 1. The number of rotatable bonds is 4. The van der Waals surface area contributed by atoms with Gasteiger partial charge in [-0.1, -0.05) is 18.2 Å². The van der Waals surface area contributed by atoms with E-state index in [0.29, 0.717) is 24.8 Å². The molecule has 0 saturated carbocycles. The molecule has 7 heteroatoms. The summed E-state index contributed by atoms with van der Waals surface area (Å²) in [7, 11) is 0. The van der Waals surface area contributed by atoms with E-state index in [9.17, 15) is 4.79 Å². The highest BCUT2D eigenvalue weighted by Crippen LogP contribution is 2.23. The molecule has 0 spiro atoms. The van der Waals surface area contributed by atoms with Gasteiger partial charge in [0.25, 0.3) is 5.91 Å². The molecule has 2 aromatic heterocycles. The van der Waals surface area contributed by atoms with E-state index >= 15 is 0 Å². The molecule has 7 nitrogen and oxygen atoms in total. The van der Waals surface area contributed by atoms with Gasteiger partial charge in [0.1, 0.15) is 17.5 Å². The maximum absolute atomic E-state index is 12.3. The fraction of sp³-hybridized carbons (Fsp3) is 0.278. The number of amides is 1. The molecule has 25 heavy (non-hydrogen) atoms. The van der Waals surface area contributed by atoms with Crippen molar-refractivity contribution in [3.8, 4) is 5.75 Å². The average molecular weight is 339 g/mol. The van der Waals surface area contributed by atoms with Gasteiger partial charge in [-0.3, -0.25) is 14.6 Å². The Morgan fingerprint density at radius 1 is 1.24 bits per heavy atom. The van der Waals surface area contributed by atoms with Crippen LogP contribution in [0.25, 0.3) is 10.9 Å². The van der Waals surface area contributed by atoms with E-state index in [2.05, 4.69) is 9.97 Å².